The van der Waals surface area contributed by atoms with Crippen LogP contribution in [-0.2, 0) is 4.79 Å². The van der Waals surface area contributed by atoms with Crippen LogP contribution in [0.25, 0.3) is 17.5 Å². The van der Waals surface area contributed by atoms with E-state index in [2.05, 4.69) is 10.3 Å². The van der Waals surface area contributed by atoms with Crippen molar-refractivity contribution in [1.29, 1.82) is 0 Å². The molecule has 0 saturated carbocycles. The van der Waals surface area contributed by atoms with Crippen molar-refractivity contribution in [2.45, 2.75) is 5.92 Å². The Kier molecular flexibility index (Phi) is 6.19. The highest BCUT2D eigenvalue weighted by Gasteiger charge is 2.39. The Hall–Kier alpha value is -5.51. The summed E-state index contributed by atoms with van der Waals surface area (Å²) in [5.74, 6) is 0.0943. The Morgan fingerprint density at radius 3 is 2.45 bits per heavy atom. The van der Waals surface area contributed by atoms with Gasteiger partial charge in [0.1, 0.15) is 22.5 Å². The number of para-hydroxylation sites is 1. The minimum atomic E-state index is -0.787. The molecule has 1 aliphatic rings. The zero-order valence-electron chi connectivity index (χ0n) is 21.6. The van der Waals surface area contributed by atoms with Gasteiger partial charge in [-0.15, -0.1) is 0 Å². The molecule has 0 bridgehead atoms. The molecule has 10 nitrogen and oxygen atoms in total. The van der Waals surface area contributed by atoms with Gasteiger partial charge in [-0.1, -0.05) is 42.5 Å². The molecule has 0 fully saturated rings. The minimum Gasteiger partial charge on any atom is -0.497 e. The van der Waals surface area contributed by atoms with E-state index < -0.39 is 17.5 Å². The fourth-order valence-corrected chi connectivity index (χ4v) is 4.82. The monoisotopic (exact) mass is 536 g/mol. The molecule has 1 atom stereocenters. The number of aromatic nitrogens is 2. The maximum Gasteiger partial charge on any atom is 0.362 e. The van der Waals surface area contributed by atoms with Crippen molar-refractivity contribution < 1.29 is 23.1 Å². The molecule has 0 aliphatic carbocycles. The molecule has 0 saturated heterocycles. The molecule has 1 unspecified atom stereocenters. The van der Waals surface area contributed by atoms with Gasteiger partial charge >= 0.3 is 5.63 Å². The maximum absolute atomic E-state index is 14.0. The van der Waals surface area contributed by atoms with Gasteiger partial charge < -0.3 is 29.4 Å². The van der Waals surface area contributed by atoms with Gasteiger partial charge in [0.25, 0.3) is 11.9 Å². The van der Waals surface area contributed by atoms with Crippen LogP contribution in [0.1, 0.15) is 22.7 Å². The van der Waals surface area contributed by atoms with Gasteiger partial charge in [-0.3, -0.25) is 4.79 Å². The largest absolute Gasteiger partial charge is 0.497 e. The molecule has 0 radical (unpaired) electrons. The van der Waals surface area contributed by atoms with Crippen LogP contribution < -0.4 is 37.0 Å². The smallest absolute Gasteiger partial charge is 0.362 e. The van der Waals surface area contributed by atoms with Crippen molar-refractivity contribution >= 4 is 29.3 Å². The van der Waals surface area contributed by atoms with Gasteiger partial charge in [0.05, 0.1) is 25.7 Å². The van der Waals surface area contributed by atoms with Crippen LogP contribution in [0.15, 0.2) is 92.5 Å². The summed E-state index contributed by atoms with van der Waals surface area (Å²) >= 11 is 0. The molecule has 6 rings (SSSR count). The number of nitrogens with one attached hydrogen (secondary N) is 1. The Labute approximate surface area is 227 Å². The number of hydrogen-bond acceptors (Lipinski definition) is 8. The van der Waals surface area contributed by atoms with Crippen LogP contribution in [0.3, 0.4) is 0 Å². The fraction of sp³-hybridized carbons (Fsp3) is 0.100. The molecule has 3 aromatic carbocycles. The van der Waals surface area contributed by atoms with Crippen molar-refractivity contribution in [2.24, 2.45) is 0 Å². The van der Waals surface area contributed by atoms with E-state index in [1.165, 1.54) is 4.57 Å². The van der Waals surface area contributed by atoms with E-state index in [0.717, 1.165) is 0 Å². The number of rotatable bonds is 6. The lowest BCUT2D eigenvalue weighted by Gasteiger charge is -2.23. The predicted molar refractivity (Wildman–Crippen MR) is 148 cm³/mol. The topological polar surface area (TPSA) is 135 Å². The second kappa shape index (κ2) is 9.99. The average Bonchev–Trinajstić information content (AvgIpc) is 3.51. The molecule has 40 heavy (non-hydrogen) atoms. The van der Waals surface area contributed by atoms with Crippen molar-refractivity contribution in [3.63, 3.8) is 0 Å². The summed E-state index contributed by atoms with van der Waals surface area (Å²) in [6, 6.07) is 23.2. The average molecular weight is 537 g/mol. The zero-order valence-corrected chi connectivity index (χ0v) is 21.6. The number of ether oxygens (including phenoxy) is 2. The Bertz CT molecular complexity index is 1920. The molecule has 2 aromatic heterocycles. The van der Waals surface area contributed by atoms with Gasteiger partial charge in [0.2, 0.25) is 11.4 Å². The quantitative estimate of drug-likeness (QED) is 0.338. The molecule has 3 N–H and O–H groups in total. The minimum absolute atomic E-state index is 0.00375. The number of amides is 1. The van der Waals surface area contributed by atoms with E-state index in [0.29, 0.717) is 34.0 Å². The van der Waals surface area contributed by atoms with Gasteiger partial charge in [-0.05, 0) is 53.6 Å². The van der Waals surface area contributed by atoms with E-state index in [1.54, 1.807) is 81.0 Å². The summed E-state index contributed by atoms with van der Waals surface area (Å²) in [7, 11) is 3.11. The third kappa shape index (κ3) is 4.31. The number of methoxy groups -OCH3 is 2. The Morgan fingerprint density at radius 2 is 1.70 bits per heavy atom. The molecule has 0 spiro atoms. The summed E-state index contributed by atoms with van der Waals surface area (Å²) in [4.78, 5) is 31.8. The van der Waals surface area contributed by atoms with Crippen molar-refractivity contribution in [3.8, 4) is 17.4 Å². The summed E-state index contributed by atoms with van der Waals surface area (Å²) < 4.78 is 23.8. The van der Waals surface area contributed by atoms with Gasteiger partial charge in [-0.2, -0.15) is 4.98 Å². The zero-order chi connectivity index (χ0) is 27.8. The first-order valence-electron chi connectivity index (χ1n) is 12.4. The lowest BCUT2D eigenvalue weighted by molar-refractivity contribution is -0.111. The standard InChI is InChI=1S/C30H24N4O6/c1-37-20-12-6-8-17(14-20)15-22-29(36)39-27-24(26(35)32-19-10-4-3-5-11-19)23(18-9-7-13-21(16-18)38-2)25-28(34(22)27)40-30(31)33-25/h3-16,23H,1-2H3,(H2,31,33)(H,32,35)/b22-15+. The highest BCUT2D eigenvalue weighted by molar-refractivity contribution is 6.22. The molecule has 1 aliphatic heterocycles. The molecular formula is C30H24N4O6. The third-order valence-electron chi connectivity index (χ3n) is 6.59. The van der Waals surface area contributed by atoms with E-state index in [4.69, 9.17) is 24.0 Å². The van der Waals surface area contributed by atoms with E-state index in [9.17, 15) is 9.59 Å². The van der Waals surface area contributed by atoms with Crippen LogP contribution in [0.2, 0.25) is 0 Å². The number of anilines is 2. The van der Waals surface area contributed by atoms with E-state index in [-0.39, 0.29) is 28.4 Å². The number of nitrogen functional groups attached to an aromatic ring is 1. The second-order valence-electron chi connectivity index (χ2n) is 9.02. The molecule has 3 heterocycles. The van der Waals surface area contributed by atoms with E-state index in [1.807, 2.05) is 18.2 Å². The lowest BCUT2D eigenvalue weighted by Crippen LogP contribution is -2.38. The maximum atomic E-state index is 14.0. The van der Waals surface area contributed by atoms with Crippen LogP contribution in [-0.4, -0.2) is 29.7 Å². The summed E-state index contributed by atoms with van der Waals surface area (Å²) in [6.07, 6.45) is 1.62. The first-order chi connectivity index (χ1) is 19.5. The number of hydrogen-bond donors (Lipinski definition) is 2. The van der Waals surface area contributed by atoms with Gasteiger partial charge in [-0.25, -0.2) is 9.36 Å². The summed E-state index contributed by atoms with van der Waals surface area (Å²) in [6.45, 7) is 0. The number of carbonyl (C=O) groups excluding carboxylic acids is 1. The van der Waals surface area contributed by atoms with Crippen LogP contribution in [0, 0.1) is 0 Å². The van der Waals surface area contributed by atoms with E-state index >= 15 is 0 Å². The second-order valence-corrected chi connectivity index (χ2v) is 9.02. The molecule has 200 valence electrons. The Morgan fingerprint density at radius 1 is 0.975 bits per heavy atom. The fourth-order valence-electron chi connectivity index (χ4n) is 4.82. The van der Waals surface area contributed by atoms with Gasteiger partial charge in [0, 0.05) is 5.69 Å². The first kappa shape index (κ1) is 24.8. The highest BCUT2D eigenvalue weighted by atomic mass is 16.5. The van der Waals surface area contributed by atoms with Crippen LogP contribution >= 0.6 is 0 Å². The molecular weight excluding hydrogens is 512 g/mol. The molecule has 10 heteroatoms. The highest BCUT2D eigenvalue weighted by Crippen LogP contribution is 2.39. The van der Waals surface area contributed by atoms with Crippen molar-refractivity contribution in [3.05, 3.63) is 117 Å². The first-order valence-corrected chi connectivity index (χ1v) is 12.4. The molecule has 5 aromatic rings. The van der Waals surface area contributed by atoms with Crippen molar-refractivity contribution in [1.82, 2.24) is 9.55 Å². The summed E-state index contributed by atoms with van der Waals surface area (Å²) in [5.41, 5.74) is 7.79. The number of oxazole rings is 2. The SMILES string of the molecule is COc1cccc(/C=c2\c(=O)oc3n2-c2oc(N)nc2C(c2cccc(OC)c2)C=3C(=O)Nc2ccccc2)c1. The molecule has 1 amide bonds. The number of benzene rings is 3. The lowest BCUT2D eigenvalue weighted by atomic mass is 9.86. The van der Waals surface area contributed by atoms with Crippen LogP contribution in [0.4, 0.5) is 11.7 Å². The number of fused-ring (bicyclic) bond motifs is 3. The predicted octanol–water partition coefficient (Wildman–Crippen LogP) is 2.78. The number of nitrogens with two attached hydrogens (primary N) is 1. The van der Waals surface area contributed by atoms with Crippen molar-refractivity contribution in [2.75, 3.05) is 25.3 Å². The van der Waals surface area contributed by atoms with Crippen LogP contribution in [0.5, 0.6) is 11.5 Å². The summed E-state index contributed by atoms with van der Waals surface area (Å²) in [5, 5.41) is 3.03. The number of carbonyl (C=O) groups is 1. The third-order valence-corrected chi connectivity index (χ3v) is 6.59. The van der Waals surface area contributed by atoms with Gasteiger partial charge in [0.15, 0.2) is 0 Å². The number of nitrogens with zero attached hydrogens (tertiary/aromatic N) is 2. The Balaban J connectivity index is 1.67. The normalized spacial score (nSPS) is 14.4.